The average molecular weight is 394 g/mol. The van der Waals surface area contributed by atoms with Gasteiger partial charge in [-0.3, -0.25) is 9.59 Å². The molecule has 0 aliphatic carbocycles. The molecule has 0 heterocycles. The van der Waals surface area contributed by atoms with Gasteiger partial charge >= 0.3 is 11.8 Å². The SMILES string of the molecule is CSc1cccc(NC(=O)C(=O)NCC[C@H](O)c2cccc3ccccc23)c1. The van der Waals surface area contributed by atoms with Crippen molar-refractivity contribution in [1.82, 2.24) is 5.32 Å². The summed E-state index contributed by atoms with van der Waals surface area (Å²) in [6.45, 7) is 0.196. The number of amides is 2. The van der Waals surface area contributed by atoms with Crippen molar-refractivity contribution in [2.75, 3.05) is 18.1 Å². The minimum absolute atomic E-state index is 0.196. The molecule has 3 rings (SSSR count). The van der Waals surface area contributed by atoms with Crippen LogP contribution in [0.15, 0.2) is 71.6 Å². The van der Waals surface area contributed by atoms with E-state index in [4.69, 9.17) is 0 Å². The molecule has 3 aromatic carbocycles. The van der Waals surface area contributed by atoms with Gasteiger partial charge in [0.25, 0.3) is 0 Å². The third-order valence-corrected chi connectivity index (χ3v) is 5.14. The number of fused-ring (bicyclic) bond motifs is 1. The van der Waals surface area contributed by atoms with Gasteiger partial charge < -0.3 is 15.7 Å². The molecule has 28 heavy (non-hydrogen) atoms. The van der Waals surface area contributed by atoms with E-state index in [2.05, 4.69) is 10.6 Å². The van der Waals surface area contributed by atoms with E-state index in [-0.39, 0.29) is 6.54 Å². The van der Waals surface area contributed by atoms with Crippen molar-refractivity contribution in [3.63, 3.8) is 0 Å². The van der Waals surface area contributed by atoms with E-state index >= 15 is 0 Å². The van der Waals surface area contributed by atoms with Crippen LogP contribution in [-0.4, -0.2) is 29.7 Å². The molecule has 1 atom stereocenters. The van der Waals surface area contributed by atoms with E-state index in [1.165, 1.54) is 0 Å². The lowest BCUT2D eigenvalue weighted by Crippen LogP contribution is -2.36. The predicted molar refractivity (Wildman–Crippen MR) is 113 cm³/mol. The molecule has 144 valence electrons. The Balaban J connectivity index is 1.53. The first-order chi connectivity index (χ1) is 13.6. The third kappa shape index (κ3) is 4.91. The summed E-state index contributed by atoms with van der Waals surface area (Å²) in [6.07, 6.45) is 1.52. The van der Waals surface area contributed by atoms with Crippen molar-refractivity contribution in [3.05, 3.63) is 72.3 Å². The zero-order valence-electron chi connectivity index (χ0n) is 15.5. The zero-order valence-corrected chi connectivity index (χ0v) is 16.3. The molecule has 0 aromatic heterocycles. The van der Waals surface area contributed by atoms with Crippen LogP contribution >= 0.6 is 11.8 Å². The summed E-state index contributed by atoms with van der Waals surface area (Å²) in [6, 6.07) is 20.9. The predicted octanol–water partition coefficient (Wildman–Crippen LogP) is 3.74. The average Bonchev–Trinajstić information content (AvgIpc) is 2.73. The minimum Gasteiger partial charge on any atom is -0.388 e. The molecule has 2 amide bonds. The van der Waals surface area contributed by atoms with E-state index in [1.54, 1.807) is 23.9 Å². The Morgan fingerprint density at radius 2 is 1.75 bits per heavy atom. The molecular weight excluding hydrogens is 372 g/mol. The Bertz CT molecular complexity index is 985. The summed E-state index contributed by atoms with van der Waals surface area (Å²) in [7, 11) is 0. The molecule has 5 nitrogen and oxygen atoms in total. The van der Waals surface area contributed by atoms with Crippen LogP contribution in [0.3, 0.4) is 0 Å². The highest BCUT2D eigenvalue weighted by Crippen LogP contribution is 2.25. The number of rotatable bonds is 6. The third-order valence-electron chi connectivity index (χ3n) is 4.42. The second-order valence-electron chi connectivity index (χ2n) is 6.31. The molecule has 0 radical (unpaired) electrons. The second kappa shape index (κ2) is 9.39. The van der Waals surface area contributed by atoms with E-state index in [0.717, 1.165) is 21.2 Å². The molecule has 0 aliphatic heterocycles. The fraction of sp³-hybridized carbons (Fsp3) is 0.182. The van der Waals surface area contributed by atoms with Crippen LogP contribution in [0.4, 0.5) is 5.69 Å². The van der Waals surface area contributed by atoms with Crippen LogP contribution in [0, 0.1) is 0 Å². The number of benzene rings is 3. The van der Waals surface area contributed by atoms with Gasteiger partial charge in [0.2, 0.25) is 0 Å². The van der Waals surface area contributed by atoms with Gasteiger partial charge in [0.15, 0.2) is 0 Å². The first-order valence-corrected chi connectivity index (χ1v) is 10.2. The number of thioether (sulfide) groups is 1. The van der Waals surface area contributed by atoms with Crippen LogP contribution in [0.2, 0.25) is 0 Å². The Kier molecular flexibility index (Phi) is 6.68. The fourth-order valence-electron chi connectivity index (χ4n) is 2.99. The standard InChI is InChI=1S/C22H22N2O3S/c1-28-17-9-5-8-16(14-17)24-22(27)21(26)23-13-12-20(25)19-11-4-7-15-6-2-3-10-18(15)19/h2-11,14,20,25H,12-13H2,1H3,(H,23,26)(H,24,27)/t20-/m0/s1. The molecule has 0 saturated carbocycles. The number of anilines is 1. The topological polar surface area (TPSA) is 78.4 Å². The zero-order chi connectivity index (χ0) is 19.9. The fourth-order valence-corrected chi connectivity index (χ4v) is 3.45. The van der Waals surface area contributed by atoms with Crippen molar-refractivity contribution in [2.45, 2.75) is 17.4 Å². The summed E-state index contributed by atoms with van der Waals surface area (Å²) in [5.74, 6) is -1.45. The van der Waals surface area contributed by atoms with Crippen LogP contribution in [0.1, 0.15) is 18.1 Å². The van der Waals surface area contributed by atoms with Crippen LogP contribution in [0.25, 0.3) is 10.8 Å². The van der Waals surface area contributed by atoms with Crippen molar-refractivity contribution < 1.29 is 14.7 Å². The summed E-state index contributed by atoms with van der Waals surface area (Å²) >= 11 is 1.55. The van der Waals surface area contributed by atoms with Crippen molar-refractivity contribution in [2.24, 2.45) is 0 Å². The normalized spacial score (nSPS) is 11.8. The molecule has 3 N–H and O–H groups in total. The van der Waals surface area contributed by atoms with E-state index in [9.17, 15) is 14.7 Å². The molecular formula is C22H22N2O3S. The lowest BCUT2D eigenvalue weighted by Gasteiger charge is -2.14. The monoisotopic (exact) mass is 394 g/mol. The van der Waals surface area contributed by atoms with Crippen LogP contribution in [-0.2, 0) is 9.59 Å². The second-order valence-corrected chi connectivity index (χ2v) is 7.19. The number of hydrogen-bond acceptors (Lipinski definition) is 4. The number of hydrogen-bond donors (Lipinski definition) is 3. The van der Waals surface area contributed by atoms with Gasteiger partial charge in [0, 0.05) is 17.1 Å². The molecule has 0 saturated heterocycles. The molecule has 0 fully saturated rings. The summed E-state index contributed by atoms with van der Waals surface area (Å²) in [5.41, 5.74) is 1.38. The smallest absolute Gasteiger partial charge is 0.313 e. The van der Waals surface area contributed by atoms with Gasteiger partial charge in [-0.05, 0) is 47.2 Å². The highest BCUT2D eigenvalue weighted by Gasteiger charge is 2.15. The Hall–Kier alpha value is -2.83. The van der Waals surface area contributed by atoms with E-state index in [1.807, 2.05) is 60.9 Å². The maximum atomic E-state index is 12.0. The minimum atomic E-state index is -0.729. The van der Waals surface area contributed by atoms with Crippen molar-refractivity contribution in [1.29, 1.82) is 0 Å². The summed E-state index contributed by atoms with van der Waals surface area (Å²) in [5, 5.41) is 17.7. The van der Waals surface area contributed by atoms with Gasteiger partial charge in [0.05, 0.1) is 6.10 Å². The number of aliphatic hydroxyl groups is 1. The van der Waals surface area contributed by atoms with Gasteiger partial charge in [-0.25, -0.2) is 0 Å². The van der Waals surface area contributed by atoms with E-state index in [0.29, 0.717) is 12.1 Å². The maximum absolute atomic E-state index is 12.0. The van der Waals surface area contributed by atoms with Crippen molar-refractivity contribution in [3.8, 4) is 0 Å². The quantitative estimate of drug-likeness (QED) is 0.440. The molecule has 0 bridgehead atoms. The molecule has 3 aromatic rings. The summed E-state index contributed by atoms with van der Waals surface area (Å²) < 4.78 is 0. The molecule has 0 aliphatic rings. The number of nitrogens with one attached hydrogen (secondary N) is 2. The maximum Gasteiger partial charge on any atom is 0.313 e. The van der Waals surface area contributed by atoms with Crippen molar-refractivity contribution >= 4 is 40.0 Å². The Labute approximate surface area is 168 Å². The number of carbonyl (C=O) groups is 2. The molecule has 0 spiro atoms. The highest BCUT2D eigenvalue weighted by molar-refractivity contribution is 7.98. The largest absolute Gasteiger partial charge is 0.388 e. The van der Waals surface area contributed by atoms with Gasteiger partial charge in [0.1, 0.15) is 0 Å². The Morgan fingerprint density at radius 1 is 1.00 bits per heavy atom. The molecule has 6 heteroatoms. The lowest BCUT2D eigenvalue weighted by molar-refractivity contribution is -0.136. The molecule has 0 unspecified atom stereocenters. The first-order valence-electron chi connectivity index (χ1n) is 8.97. The highest BCUT2D eigenvalue weighted by atomic mass is 32.2. The van der Waals surface area contributed by atoms with Gasteiger partial charge in [-0.2, -0.15) is 0 Å². The van der Waals surface area contributed by atoms with Crippen LogP contribution < -0.4 is 10.6 Å². The number of aliphatic hydroxyl groups excluding tert-OH is 1. The Morgan fingerprint density at radius 3 is 2.57 bits per heavy atom. The van der Waals surface area contributed by atoms with Crippen LogP contribution in [0.5, 0.6) is 0 Å². The first kappa shape index (κ1) is 19.9. The van der Waals surface area contributed by atoms with E-state index < -0.39 is 17.9 Å². The summed E-state index contributed by atoms with van der Waals surface area (Å²) in [4.78, 5) is 25.1. The van der Waals surface area contributed by atoms with Gasteiger partial charge in [-0.1, -0.05) is 48.5 Å². The van der Waals surface area contributed by atoms with Gasteiger partial charge in [-0.15, -0.1) is 11.8 Å². The lowest BCUT2D eigenvalue weighted by atomic mass is 9.99. The number of carbonyl (C=O) groups excluding carboxylic acids is 2.